The van der Waals surface area contributed by atoms with Crippen LogP contribution >= 0.6 is 37.7 Å². The van der Waals surface area contributed by atoms with Crippen LogP contribution in [0.25, 0.3) is 0 Å². The van der Waals surface area contributed by atoms with Crippen molar-refractivity contribution >= 4 is 50.3 Å². The monoisotopic (exact) mass is 533 g/mol. The van der Waals surface area contributed by atoms with Crippen LogP contribution in [0, 0.1) is 6.92 Å². The molecule has 1 radical (unpaired) electrons. The number of halogens is 2. The largest absolute Gasteiger partial charge is 0.552 e. The molecule has 0 spiro atoms. The Labute approximate surface area is 162 Å². The van der Waals surface area contributed by atoms with E-state index in [0.717, 1.165) is 32.5 Å². The first-order valence-electron chi connectivity index (χ1n) is 8.05. The number of allylic oxidation sites excluding steroid dienone is 1. The average molecular weight is 534 g/mol. The van der Waals surface area contributed by atoms with Crippen molar-refractivity contribution in [3.63, 3.8) is 0 Å². The van der Waals surface area contributed by atoms with Crippen LogP contribution in [0.1, 0.15) is 64.7 Å². The second kappa shape index (κ2) is 26.8. The van der Waals surface area contributed by atoms with Crippen LogP contribution < -0.4 is 0 Å². The lowest BCUT2D eigenvalue weighted by atomic mass is 10.1. The fourth-order valence-corrected chi connectivity index (χ4v) is 1.73. The first-order chi connectivity index (χ1) is 10.3. The van der Waals surface area contributed by atoms with E-state index in [1.807, 2.05) is 0 Å². The van der Waals surface area contributed by atoms with Gasteiger partial charge in [-0.3, -0.25) is 37.7 Å². The summed E-state index contributed by atoms with van der Waals surface area (Å²) >= 11 is 5.18. The van der Waals surface area contributed by atoms with Gasteiger partial charge in [0.05, 0.1) is 6.61 Å². The molecule has 0 aromatic heterocycles. The van der Waals surface area contributed by atoms with E-state index in [4.69, 9.17) is 9.47 Å². The summed E-state index contributed by atoms with van der Waals surface area (Å²) < 4.78 is 10.8. The molecular formula is C16H31I2MgO2. The summed E-state index contributed by atoms with van der Waals surface area (Å²) in [4.78, 5) is 0. The molecule has 0 aromatic carbocycles. The second-order valence-corrected chi connectivity index (χ2v) is 18.2. The molecule has 123 valence electrons. The predicted molar refractivity (Wildman–Crippen MR) is 112 cm³/mol. The van der Waals surface area contributed by atoms with Crippen LogP contribution in [0.15, 0.2) is 12.2 Å². The normalized spacial score (nSPS) is 10.3. The molecule has 2 nitrogen and oxygen atoms in total. The molecule has 0 N–H and O–H groups in total. The molecule has 0 aromatic rings. The molecule has 0 unspecified atom stereocenters. The summed E-state index contributed by atoms with van der Waals surface area (Å²) in [6.07, 6.45) is 15.2. The minimum atomic E-state index is 0.357. The Morgan fingerprint density at radius 2 is 1.48 bits per heavy atom. The third kappa shape index (κ3) is 30.4. The number of rotatable bonds is 14. The first-order valence-corrected chi connectivity index (χ1v) is 18.3. The smallest absolute Gasteiger partial charge is 0.355 e. The molecular weight excluding hydrogens is 502 g/mol. The number of hydrogen-bond donors (Lipinski definition) is 0. The van der Waals surface area contributed by atoms with Gasteiger partial charge in [0.25, 0.3) is 0 Å². The average Bonchev–Trinajstić information content (AvgIpc) is 2.48. The van der Waals surface area contributed by atoms with Crippen molar-refractivity contribution in [2.24, 2.45) is 0 Å². The third-order valence-corrected chi connectivity index (χ3v) is 2.82. The Kier molecular flexibility index (Phi) is 32.0. The molecule has 0 heterocycles. The van der Waals surface area contributed by atoms with E-state index in [0.29, 0.717) is 19.4 Å². The summed E-state index contributed by atoms with van der Waals surface area (Å²) in [5.74, 6) is 0. The quantitative estimate of drug-likeness (QED) is 0.0860. The van der Waals surface area contributed by atoms with Gasteiger partial charge in [-0.25, -0.2) is 0 Å². The van der Waals surface area contributed by atoms with E-state index >= 15 is 0 Å². The summed E-state index contributed by atoms with van der Waals surface area (Å²) in [6.45, 7) is 8.00. The molecule has 0 aliphatic carbocycles. The maximum absolute atomic E-state index is 5.41. The van der Waals surface area contributed by atoms with E-state index in [-0.39, 0.29) is 0 Å². The standard InChI is InChI=1S/C16H31O2.2HI.Mg/c1-3-5-7-9-10-11-13-15-18-16-17-14-12-8-6-4-2;;;/h6,8H,2-5,7,9-16H2,1H3;2*1H;/q;;;+2/p-2/b8-6-;;;. The van der Waals surface area contributed by atoms with Gasteiger partial charge in [0.1, 0.15) is 6.79 Å². The van der Waals surface area contributed by atoms with Gasteiger partial charge in [0.2, 0.25) is 0 Å². The highest BCUT2D eigenvalue weighted by atomic mass is 127. The van der Waals surface area contributed by atoms with E-state index in [1.165, 1.54) is 38.5 Å². The Morgan fingerprint density at radius 1 is 0.905 bits per heavy atom. The van der Waals surface area contributed by atoms with Crippen LogP contribution in [0.4, 0.5) is 0 Å². The Hall–Kier alpha value is 1.89. The van der Waals surface area contributed by atoms with Gasteiger partial charge in [-0.2, -0.15) is 0 Å². The SMILES string of the molecule is [CH2]C/C=C\CCOCOCCCCCCCCC.[I][Mg][I]. The number of hydrogen-bond acceptors (Lipinski definition) is 2. The van der Waals surface area contributed by atoms with Gasteiger partial charge < -0.3 is 9.47 Å². The van der Waals surface area contributed by atoms with Crippen LogP contribution in [0.3, 0.4) is 0 Å². The van der Waals surface area contributed by atoms with Gasteiger partial charge in [-0.05, 0) is 26.2 Å². The van der Waals surface area contributed by atoms with E-state index in [1.54, 1.807) is 0 Å². The van der Waals surface area contributed by atoms with Crippen molar-refractivity contribution in [2.75, 3.05) is 20.0 Å². The van der Waals surface area contributed by atoms with Gasteiger partial charge in [-0.1, -0.05) is 57.6 Å². The molecule has 0 amide bonds. The van der Waals surface area contributed by atoms with Crippen molar-refractivity contribution in [1.82, 2.24) is 0 Å². The third-order valence-electron chi connectivity index (χ3n) is 2.82. The van der Waals surface area contributed by atoms with Crippen LogP contribution in [0.5, 0.6) is 0 Å². The summed E-state index contributed by atoms with van der Waals surface area (Å²) in [5.41, 5.74) is 0. The molecule has 0 saturated carbocycles. The highest BCUT2D eigenvalue weighted by molar-refractivity contribution is 14.3. The molecule has 0 fully saturated rings. The van der Waals surface area contributed by atoms with Crippen molar-refractivity contribution < 1.29 is 9.47 Å². The molecule has 0 bridgehead atoms. The maximum atomic E-state index is 5.41. The number of unbranched alkanes of at least 4 members (excludes halogenated alkanes) is 6. The van der Waals surface area contributed by atoms with Gasteiger partial charge in [0, 0.05) is 6.61 Å². The predicted octanol–water partition coefficient (Wildman–Crippen LogP) is 6.29. The highest BCUT2D eigenvalue weighted by Gasteiger charge is 1.92. The molecule has 0 saturated heterocycles. The van der Waals surface area contributed by atoms with Crippen molar-refractivity contribution in [2.45, 2.75) is 64.7 Å². The minimum absolute atomic E-state index is 0.357. The highest BCUT2D eigenvalue weighted by Crippen LogP contribution is 2.06. The zero-order valence-electron chi connectivity index (χ0n) is 13.6. The number of ether oxygens (including phenoxy) is 2. The fourth-order valence-electron chi connectivity index (χ4n) is 1.73. The van der Waals surface area contributed by atoms with E-state index in [2.05, 4.69) is 63.7 Å². The van der Waals surface area contributed by atoms with Crippen LogP contribution in [-0.4, -0.2) is 32.6 Å². The van der Waals surface area contributed by atoms with Crippen LogP contribution in [-0.2, 0) is 9.47 Å². The second-order valence-electron chi connectivity index (χ2n) is 4.71. The lowest BCUT2D eigenvalue weighted by molar-refractivity contribution is -0.0531. The van der Waals surface area contributed by atoms with Gasteiger partial charge in [0.15, 0.2) is 0 Å². The zero-order chi connectivity index (χ0) is 16.0. The molecule has 0 aliphatic rings. The van der Waals surface area contributed by atoms with Gasteiger partial charge >= 0.3 is 12.6 Å². The van der Waals surface area contributed by atoms with Gasteiger partial charge in [-0.15, -0.1) is 0 Å². The van der Waals surface area contributed by atoms with Crippen molar-refractivity contribution in [3.8, 4) is 0 Å². The fraction of sp³-hybridized carbons (Fsp3) is 0.812. The lowest BCUT2D eigenvalue weighted by Crippen LogP contribution is -2.02. The van der Waals surface area contributed by atoms with Crippen molar-refractivity contribution in [3.05, 3.63) is 19.1 Å². The van der Waals surface area contributed by atoms with E-state index in [9.17, 15) is 0 Å². The summed E-state index contributed by atoms with van der Waals surface area (Å²) in [5, 5.41) is 0. The molecule has 0 atom stereocenters. The first kappa shape index (κ1) is 25.1. The van der Waals surface area contributed by atoms with E-state index < -0.39 is 0 Å². The van der Waals surface area contributed by atoms with Crippen LogP contribution in [0.2, 0.25) is 0 Å². The zero-order valence-corrected chi connectivity index (χ0v) is 19.4. The summed E-state index contributed by atoms with van der Waals surface area (Å²) in [6, 6.07) is 0. The Morgan fingerprint density at radius 3 is 2.10 bits per heavy atom. The molecule has 21 heavy (non-hydrogen) atoms. The topological polar surface area (TPSA) is 18.5 Å². The summed E-state index contributed by atoms with van der Waals surface area (Å²) in [7, 11) is 0. The Bertz CT molecular complexity index is 193. The van der Waals surface area contributed by atoms with Crippen molar-refractivity contribution in [1.29, 1.82) is 0 Å². The maximum Gasteiger partial charge on any atom is 0.552 e. The molecule has 0 aliphatic heterocycles. The molecule has 5 heteroatoms. The minimum Gasteiger partial charge on any atom is -0.355 e. The molecule has 0 rings (SSSR count). The Balaban J connectivity index is 0. The lowest BCUT2D eigenvalue weighted by Gasteiger charge is -2.05.